The molecule has 0 saturated heterocycles. The highest BCUT2D eigenvalue weighted by Crippen LogP contribution is 2.18. The molecule has 92 valence electrons. The monoisotopic (exact) mass is 227 g/mol. The van der Waals surface area contributed by atoms with Crippen molar-refractivity contribution >= 4 is 11.9 Å². The summed E-state index contributed by atoms with van der Waals surface area (Å²) in [7, 11) is 1.58. The van der Waals surface area contributed by atoms with Crippen LogP contribution in [0.4, 0.5) is 4.79 Å². The van der Waals surface area contributed by atoms with Gasteiger partial charge in [0.25, 0.3) is 0 Å². The van der Waals surface area contributed by atoms with Gasteiger partial charge in [0, 0.05) is 13.1 Å². The predicted octanol–water partition coefficient (Wildman–Crippen LogP) is 0.609. The molecule has 1 aliphatic rings. The van der Waals surface area contributed by atoms with Crippen LogP contribution in [0.15, 0.2) is 0 Å². The topological polar surface area (TPSA) is 70.2 Å². The van der Waals surface area contributed by atoms with Crippen molar-refractivity contribution < 1.29 is 9.59 Å². The van der Waals surface area contributed by atoms with E-state index in [0.717, 1.165) is 12.8 Å². The zero-order valence-electron chi connectivity index (χ0n) is 10.2. The summed E-state index contributed by atoms with van der Waals surface area (Å²) in [6, 6.07) is -0.370. The van der Waals surface area contributed by atoms with Crippen LogP contribution in [0, 0.1) is 5.92 Å². The maximum Gasteiger partial charge on any atom is 0.315 e. The van der Waals surface area contributed by atoms with E-state index in [0.29, 0.717) is 18.4 Å². The third-order valence-electron chi connectivity index (χ3n) is 2.49. The van der Waals surface area contributed by atoms with Gasteiger partial charge in [-0.25, -0.2) is 4.79 Å². The molecule has 0 radical (unpaired) electrons. The SMILES string of the molecule is CNC(=O)[C@@H](CC(C)C)NC(=O)NC1CC1. The average molecular weight is 227 g/mol. The van der Waals surface area contributed by atoms with Crippen LogP contribution < -0.4 is 16.0 Å². The molecule has 5 nitrogen and oxygen atoms in total. The van der Waals surface area contributed by atoms with Crippen LogP contribution in [0.3, 0.4) is 0 Å². The number of urea groups is 1. The maximum absolute atomic E-state index is 11.5. The van der Waals surface area contributed by atoms with E-state index in [1.165, 1.54) is 0 Å². The highest BCUT2D eigenvalue weighted by Gasteiger charge is 2.26. The molecule has 1 fully saturated rings. The Bertz CT molecular complexity index is 262. The van der Waals surface area contributed by atoms with Crippen LogP contribution in [-0.2, 0) is 4.79 Å². The van der Waals surface area contributed by atoms with E-state index in [9.17, 15) is 9.59 Å². The predicted molar refractivity (Wildman–Crippen MR) is 62.0 cm³/mol. The summed E-state index contributed by atoms with van der Waals surface area (Å²) in [5.41, 5.74) is 0. The average Bonchev–Trinajstić information content (AvgIpc) is 2.98. The molecule has 0 aromatic rings. The number of rotatable bonds is 5. The minimum absolute atomic E-state index is 0.139. The minimum atomic E-state index is -0.441. The third kappa shape index (κ3) is 4.51. The van der Waals surface area contributed by atoms with Gasteiger partial charge in [0.05, 0.1) is 0 Å². The Kier molecular flexibility index (Phi) is 4.58. The van der Waals surface area contributed by atoms with Crippen molar-refractivity contribution in [2.45, 2.75) is 45.2 Å². The molecule has 3 N–H and O–H groups in total. The molecule has 0 heterocycles. The first-order chi connectivity index (χ1) is 7.52. The maximum atomic E-state index is 11.5. The number of carbonyl (C=O) groups is 2. The Hall–Kier alpha value is -1.26. The van der Waals surface area contributed by atoms with Crippen LogP contribution in [0.5, 0.6) is 0 Å². The van der Waals surface area contributed by atoms with Crippen LogP contribution in [0.2, 0.25) is 0 Å². The van der Waals surface area contributed by atoms with Gasteiger partial charge in [-0.3, -0.25) is 4.79 Å². The summed E-state index contributed by atoms with van der Waals surface area (Å²) >= 11 is 0. The van der Waals surface area contributed by atoms with Crippen molar-refractivity contribution in [3.05, 3.63) is 0 Å². The molecule has 1 aliphatic carbocycles. The fraction of sp³-hybridized carbons (Fsp3) is 0.818. The number of hydrogen-bond donors (Lipinski definition) is 3. The Balaban J connectivity index is 2.40. The van der Waals surface area contributed by atoms with Crippen molar-refractivity contribution in [3.8, 4) is 0 Å². The Morgan fingerprint density at radius 3 is 2.38 bits per heavy atom. The summed E-state index contributed by atoms with van der Waals surface area (Å²) in [5.74, 6) is 0.225. The Morgan fingerprint density at radius 2 is 1.94 bits per heavy atom. The standard InChI is InChI=1S/C11H21N3O2/c1-7(2)6-9(10(15)12-3)14-11(16)13-8-4-5-8/h7-9H,4-6H2,1-3H3,(H,12,15)(H2,13,14,16)/t9-/m1/s1. The largest absolute Gasteiger partial charge is 0.357 e. The van der Waals surface area contributed by atoms with Gasteiger partial charge in [0.15, 0.2) is 0 Å². The first kappa shape index (κ1) is 12.8. The lowest BCUT2D eigenvalue weighted by Gasteiger charge is -2.19. The molecular formula is C11H21N3O2. The molecule has 1 saturated carbocycles. The molecule has 0 aromatic heterocycles. The summed E-state index contributed by atoms with van der Waals surface area (Å²) in [5, 5.41) is 8.08. The molecule has 0 aliphatic heterocycles. The third-order valence-corrected chi connectivity index (χ3v) is 2.49. The summed E-state index contributed by atoms with van der Waals surface area (Å²) < 4.78 is 0. The van der Waals surface area contributed by atoms with Crippen LogP contribution in [-0.4, -0.2) is 31.1 Å². The highest BCUT2D eigenvalue weighted by molar-refractivity contribution is 5.86. The number of carbonyl (C=O) groups excluding carboxylic acids is 2. The van der Waals surface area contributed by atoms with Crippen molar-refractivity contribution in [1.29, 1.82) is 0 Å². The minimum Gasteiger partial charge on any atom is -0.357 e. The summed E-state index contributed by atoms with van der Waals surface area (Å²) in [4.78, 5) is 23.0. The lowest BCUT2D eigenvalue weighted by molar-refractivity contribution is -0.122. The van der Waals surface area contributed by atoms with E-state index >= 15 is 0 Å². The molecule has 0 bridgehead atoms. The lowest BCUT2D eigenvalue weighted by atomic mass is 10.0. The van der Waals surface area contributed by atoms with Gasteiger partial charge >= 0.3 is 6.03 Å². The molecule has 1 rings (SSSR count). The van der Waals surface area contributed by atoms with E-state index in [1.807, 2.05) is 13.8 Å². The molecule has 0 spiro atoms. The molecule has 0 aromatic carbocycles. The Morgan fingerprint density at radius 1 is 1.31 bits per heavy atom. The molecular weight excluding hydrogens is 206 g/mol. The zero-order valence-corrected chi connectivity index (χ0v) is 10.2. The van der Waals surface area contributed by atoms with Crippen molar-refractivity contribution in [2.75, 3.05) is 7.05 Å². The van der Waals surface area contributed by atoms with Crippen LogP contribution in [0.1, 0.15) is 33.1 Å². The second-order valence-electron chi connectivity index (χ2n) is 4.69. The normalized spacial score (nSPS) is 16.8. The van der Waals surface area contributed by atoms with Gasteiger partial charge < -0.3 is 16.0 Å². The molecule has 0 unspecified atom stereocenters. The van der Waals surface area contributed by atoms with Gasteiger partial charge in [-0.2, -0.15) is 0 Å². The Labute approximate surface area is 96.4 Å². The van der Waals surface area contributed by atoms with E-state index in [1.54, 1.807) is 7.05 Å². The van der Waals surface area contributed by atoms with Crippen molar-refractivity contribution in [1.82, 2.24) is 16.0 Å². The van der Waals surface area contributed by atoms with E-state index in [-0.39, 0.29) is 11.9 Å². The number of nitrogens with one attached hydrogen (secondary N) is 3. The van der Waals surface area contributed by atoms with Crippen molar-refractivity contribution in [3.63, 3.8) is 0 Å². The lowest BCUT2D eigenvalue weighted by Crippen LogP contribution is -2.50. The van der Waals surface area contributed by atoms with Gasteiger partial charge in [-0.05, 0) is 25.2 Å². The van der Waals surface area contributed by atoms with Gasteiger partial charge in [-0.15, -0.1) is 0 Å². The second kappa shape index (κ2) is 5.72. The first-order valence-electron chi connectivity index (χ1n) is 5.81. The van der Waals surface area contributed by atoms with E-state index in [4.69, 9.17) is 0 Å². The smallest absolute Gasteiger partial charge is 0.315 e. The first-order valence-corrected chi connectivity index (χ1v) is 5.81. The second-order valence-corrected chi connectivity index (χ2v) is 4.69. The fourth-order valence-electron chi connectivity index (χ4n) is 1.49. The number of amides is 3. The number of likely N-dealkylation sites (N-methyl/N-ethyl adjacent to an activating group) is 1. The van der Waals surface area contributed by atoms with E-state index < -0.39 is 6.04 Å². The highest BCUT2D eigenvalue weighted by atomic mass is 16.2. The molecule has 16 heavy (non-hydrogen) atoms. The molecule has 3 amide bonds. The van der Waals surface area contributed by atoms with Gasteiger partial charge in [0.1, 0.15) is 6.04 Å². The summed E-state index contributed by atoms with van der Waals surface area (Å²) in [6.45, 7) is 4.05. The van der Waals surface area contributed by atoms with E-state index in [2.05, 4.69) is 16.0 Å². The zero-order chi connectivity index (χ0) is 12.1. The van der Waals surface area contributed by atoms with Gasteiger partial charge in [0.2, 0.25) is 5.91 Å². The summed E-state index contributed by atoms with van der Waals surface area (Å²) in [6.07, 6.45) is 2.74. The van der Waals surface area contributed by atoms with Gasteiger partial charge in [-0.1, -0.05) is 13.8 Å². The molecule has 1 atom stereocenters. The van der Waals surface area contributed by atoms with Crippen LogP contribution >= 0.6 is 0 Å². The quantitative estimate of drug-likeness (QED) is 0.644. The van der Waals surface area contributed by atoms with Crippen molar-refractivity contribution in [2.24, 2.45) is 5.92 Å². The fourth-order valence-corrected chi connectivity index (χ4v) is 1.49. The number of hydrogen-bond acceptors (Lipinski definition) is 2. The molecule has 5 heteroatoms. The van der Waals surface area contributed by atoms with Crippen LogP contribution in [0.25, 0.3) is 0 Å².